The second kappa shape index (κ2) is 6.61. The van der Waals surface area contributed by atoms with E-state index < -0.39 is 17.7 Å². The fourth-order valence-electron chi connectivity index (χ4n) is 1.61. The van der Waals surface area contributed by atoms with E-state index in [1.54, 1.807) is 27.8 Å². The van der Waals surface area contributed by atoms with Gasteiger partial charge < -0.3 is 14.7 Å². The molecule has 5 heteroatoms. The first-order chi connectivity index (χ1) is 8.03. The lowest BCUT2D eigenvalue weighted by Crippen LogP contribution is -2.42. The first-order valence-electron chi connectivity index (χ1n) is 6.20. The predicted molar refractivity (Wildman–Crippen MR) is 69.5 cm³/mol. The summed E-state index contributed by atoms with van der Waals surface area (Å²) in [5.41, 5.74) is -0.572. The fraction of sp³-hybridized carbons (Fsp3) is 0.846. The van der Waals surface area contributed by atoms with E-state index in [1.165, 1.54) is 4.90 Å². The molecule has 0 fully saturated rings. The minimum Gasteiger partial charge on any atom is -0.481 e. The van der Waals surface area contributed by atoms with Gasteiger partial charge in [-0.1, -0.05) is 13.8 Å². The Bertz CT molecular complexity index is 294. The summed E-state index contributed by atoms with van der Waals surface area (Å²) in [5, 5.41) is 8.88. The fourth-order valence-corrected chi connectivity index (χ4v) is 1.61. The standard InChI is InChI=1S/C13H25NO4/c1-9(2)7-10(8-11(15)16)14(6)12(17)18-13(3,4)5/h9-10H,7-8H2,1-6H3,(H,15,16). The Hall–Kier alpha value is -1.26. The molecule has 0 radical (unpaired) electrons. The summed E-state index contributed by atoms with van der Waals surface area (Å²) in [6.07, 6.45) is 0.102. The van der Waals surface area contributed by atoms with E-state index in [-0.39, 0.29) is 12.5 Å². The molecule has 1 unspecified atom stereocenters. The molecular weight excluding hydrogens is 234 g/mol. The van der Waals surface area contributed by atoms with E-state index in [0.717, 1.165) is 0 Å². The molecule has 5 nitrogen and oxygen atoms in total. The van der Waals surface area contributed by atoms with E-state index in [2.05, 4.69) is 0 Å². The van der Waals surface area contributed by atoms with Gasteiger partial charge in [0.1, 0.15) is 5.60 Å². The molecule has 0 aromatic rings. The minimum atomic E-state index is -0.906. The van der Waals surface area contributed by atoms with E-state index in [0.29, 0.717) is 12.3 Å². The number of aliphatic carboxylic acids is 1. The second-order valence-corrected chi connectivity index (χ2v) is 5.97. The average molecular weight is 259 g/mol. The van der Waals surface area contributed by atoms with Gasteiger partial charge in [-0.05, 0) is 33.1 Å². The summed E-state index contributed by atoms with van der Waals surface area (Å²) in [5.74, 6) is -0.588. The van der Waals surface area contributed by atoms with Crippen LogP contribution in [0.25, 0.3) is 0 Å². The summed E-state index contributed by atoms with van der Waals surface area (Å²) >= 11 is 0. The van der Waals surface area contributed by atoms with Crippen LogP contribution >= 0.6 is 0 Å². The smallest absolute Gasteiger partial charge is 0.410 e. The van der Waals surface area contributed by atoms with Gasteiger partial charge in [0.25, 0.3) is 0 Å². The van der Waals surface area contributed by atoms with Crippen LogP contribution in [-0.2, 0) is 9.53 Å². The van der Waals surface area contributed by atoms with Crippen molar-refractivity contribution in [2.75, 3.05) is 7.05 Å². The monoisotopic (exact) mass is 259 g/mol. The molecule has 1 atom stereocenters. The molecule has 0 saturated heterocycles. The highest BCUT2D eigenvalue weighted by atomic mass is 16.6. The van der Waals surface area contributed by atoms with E-state index in [9.17, 15) is 9.59 Å². The zero-order chi connectivity index (χ0) is 14.5. The maximum Gasteiger partial charge on any atom is 0.410 e. The molecule has 18 heavy (non-hydrogen) atoms. The lowest BCUT2D eigenvalue weighted by Gasteiger charge is -2.30. The molecule has 1 amide bonds. The van der Waals surface area contributed by atoms with Crippen molar-refractivity contribution >= 4 is 12.1 Å². The van der Waals surface area contributed by atoms with E-state index in [4.69, 9.17) is 9.84 Å². The maximum absolute atomic E-state index is 11.9. The van der Waals surface area contributed by atoms with Crippen LogP contribution in [0.2, 0.25) is 0 Å². The van der Waals surface area contributed by atoms with Crippen LogP contribution in [0.5, 0.6) is 0 Å². The zero-order valence-electron chi connectivity index (χ0n) is 12.2. The number of amides is 1. The molecule has 0 aliphatic rings. The molecule has 0 spiro atoms. The summed E-state index contributed by atoms with van der Waals surface area (Å²) in [4.78, 5) is 24.1. The van der Waals surface area contributed by atoms with Crippen molar-refractivity contribution < 1.29 is 19.4 Å². The maximum atomic E-state index is 11.9. The van der Waals surface area contributed by atoms with Crippen molar-refractivity contribution in [3.05, 3.63) is 0 Å². The van der Waals surface area contributed by atoms with Gasteiger partial charge in [-0.15, -0.1) is 0 Å². The van der Waals surface area contributed by atoms with Gasteiger partial charge in [-0.25, -0.2) is 4.79 Å². The number of carbonyl (C=O) groups excluding carboxylic acids is 1. The van der Waals surface area contributed by atoms with Crippen LogP contribution in [-0.4, -0.2) is 40.8 Å². The molecule has 0 aliphatic heterocycles. The molecule has 0 rings (SSSR count). The lowest BCUT2D eigenvalue weighted by molar-refractivity contribution is -0.138. The van der Waals surface area contributed by atoms with Gasteiger partial charge in [0.2, 0.25) is 0 Å². The van der Waals surface area contributed by atoms with Gasteiger partial charge >= 0.3 is 12.1 Å². The van der Waals surface area contributed by atoms with Gasteiger partial charge in [0.05, 0.1) is 6.42 Å². The average Bonchev–Trinajstić information content (AvgIpc) is 2.11. The van der Waals surface area contributed by atoms with E-state index in [1.807, 2.05) is 13.8 Å². The van der Waals surface area contributed by atoms with Gasteiger partial charge in [-0.3, -0.25) is 4.79 Å². The quantitative estimate of drug-likeness (QED) is 0.824. The predicted octanol–water partition coefficient (Wildman–Crippen LogP) is 2.74. The minimum absolute atomic E-state index is 0.0616. The number of rotatable bonds is 5. The third-order valence-corrected chi connectivity index (χ3v) is 2.38. The number of carbonyl (C=O) groups is 2. The number of carboxylic acids is 1. The first kappa shape index (κ1) is 16.7. The van der Waals surface area contributed by atoms with Crippen LogP contribution in [0, 0.1) is 5.92 Å². The molecule has 0 heterocycles. The molecule has 0 bridgehead atoms. The summed E-state index contributed by atoms with van der Waals surface area (Å²) in [7, 11) is 1.59. The first-order valence-corrected chi connectivity index (χ1v) is 6.20. The highest BCUT2D eigenvalue weighted by Gasteiger charge is 2.27. The molecule has 1 N–H and O–H groups in total. The van der Waals surface area contributed by atoms with E-state index >= 15 is 0 Å². The third kappa shape index (κ3) is 7.14. The number of hydrogen-bond acceptors (Lipinski definition) is 3. The molecule has 0 aliphatic carbocycles. The number of nitrogens with zero attached hydrogens (tertiary/aromatic N) is 1. The van der Waals surface area contributed by atoms with Gasteiger partial charge in [0, 0.05) is 13.1 Å². The summed E-state index contributed by atoms with van der Waals surface area (Å²) < 4.78 is 5.24. The molecule has 0 aromatic heterocycles. The third-order valence-electron chi connectivity index (χ3n) is 2.38. The van der Waals surface area contributed by atoms with Crippen LogP contribution in [0.15, 0.2) is 0 Å². The van der Waals surface area contributed by atoms with Crippen molar-refractivity contribution in [2.45, 2.75) is 59.1 Å². The zero-order valence-corrected chi connectivity index (χ0v) is 12.2. The Kier molecular flexibility index (Phi) is 6.15. The Labute approximate surface area is 109 Å². The Morgan fingerprint density at radius 2 is 1.78 bits per heavy atom. The normalized spacial score (nSPS) is 13.3. The highest BCUT2D eigenvalue weighted by molar-refractivity contribution is 5.71. The Morgan fingerprint density at radius 3 is 2.11 bits per heavy atom. The molecule has 0 aromatic carbocycles. The van der Waals surface area contributed by atoms with Crippen LogP contribution < -0.4 is 0 Å². The number of carboxylic acid groups (broad SMARTS) is 1. The topological polar surface area (TPSA) is 66.8 Å². The van der Waals surface area contributed by atoms with Crippen LogP contribution in [0.3, 0.4) is 0 Å². The van der Waals surface area contributed by atoms with Gasteiger partial charge in [0.15, 0.2) is 0 Å². The Morgan fingerprint density at radius 1 is 1.28 bits per heavy atom. The van der Waals surface area contributed by atoms with Crippen molar-refractivity contribution in [2.24, 2.45) is 5.92 Å². The van der Waals surface area contributed by atoms with Crippen molar-refractivity contribution in [3.63, 3.8) is 0 Å². The second-order valence-electron chi connectivity index (χ2n) is 5.97. The lowest BCUT2D eigenvalue weighted by atomic mass is 10.0. The number of hydrogen-bond donors (Lipinski definition) is 1. The van der Waals surface area contributed by atoms with Crippen molar-refractivity contribution in [1.29, 1.82) is 0 Å². The Balaban J connectivity index is 4.67. The van der Waals surface area contributed by atoms with Crippen molar-refractivity contribution in [3.8, 4) is 0 Å². The largest absolute Gasteiger partial charge is 0.481 e. The van der Waals surface area contributed by atoms with Crippen LogP contribution in [0.1, 0.15) is 47.5 Å². The van der Waals surface area contributed by atoms with Crippen LogP contribution in [0.4, 0.5) is 4.79 Å². The molecule has 106 valence electrons. The van der Waals surface area contributed by atoms with Crippen molar-refractivity contribution in [1.82, 2.24) is 4.90 Å². The SMILES string of the molecule is CC(C)CC(CC(=O)O)N(C)C(=O)OC(C)(C)C. The molecule has 0 saturated carbocycles. The summed E-state index contributed by atoms with van der Waals surface area (Å²) in [6.45, 7) is 9.35. The molecular formula is C13H25NO4. The highest BCUT2D eigenvalue weighted by Crippen LogP contribution is 2.17. The number of ether oxygens (including phenoxy) is 1. The van der Waals surface area contributed by atoms with Gasteiger partial charge in [-0.2, -0.15) is 0 Å². The summed E-state index contributed by atoms with van der Waals surface area (Å²) in [6, 6.07) is -0.336.